The Morgan fingerprint density at radius 3 is 2.71 bits per heavy atom. The summed E-state index contributed by atoms with van der Waals surface area (Å²) in [6.07, 6.45) is 8.10. The fraction of sp³-hybridized carbons (Fsp3) is 0.846. The minimum atomic E-state index is 0.149. The van der Waals surface area contributed by atoms with Crippen LogP contribution in [0.15, 0.2) is 4.99 Å². The molecule has 1 aliphatic carbocycles. The highest BCUT2D eigenvalue weighted by atomic mass is 16.2. The van der Waals surface area contributed by atoms with Gasteiger partial charge >= 0.3 is 0 Å². The first kappa shape index (κ1) is 11.2. The highest BCUT2D eigenvalue weighted by Gasteiger charge is 2.36. The monoisotopic (exact) mass is 235 g/mol. The van der Waals surface area contributed by atoms with E-state index in [0.29, 0.717) is 0 Å². The van der Waals surface area contributed by atoms with Crippen molar-refractivity contribution in [1.29, 1.82) is 0 Å². The summed E-state index contributed by atoms with van der Waals surface area (Å²) in [6, 6.07) is 0.548. The van der Waals surface area contributed by atoms with E-state index in [2.05, 4.69) is 10.6 Å². The van der Waals surface area contributed by atoms with Crippen LogP contribution in [0.25, 0.3) is 0 Å². The van der Waals surface area contributed by atoms with Gasteiger partial charge in [-0.05, 0) is 32.2 Å². The minimum Gasteiger partial charge on any atom is -0.313 e. The number of rotatable bonds is 1. The average Bonchev–Trinajstić information content (AvgIpc) is 2.40. The Hall–Kier alpha value is -0.900. The van der Waals surface area contributed by atoms with Gasteiger partial charge < -0.3 is 10.6 Å². The van der Waals surface area contributed by atoms with E-state index in [1.165, 1.54) is 25.7 Å². The highest BCUT2D eigenvalue weighted by Crippen LogP contribution is 2.29. The second kappa shape index (κ2) is 4.77. The van der Waals surface area contributed by atoms with Crippen LogP contribution in [0.5, 0.6) is 0 Å². The molecule has 2 aliphatic heterocycles. The van der Waals surface area contributed by atoms with E-state index in [1.54, 1.807) is 0 Å². The zero-order chi connectivity index (χ0) is 11.7. The maximum absolute atomic E-state index is 12.1. The lowest BCUT2D eigenvalue weighted by atomic mass is 9.83. The largest absolute Gasteiger partial charge is 0.313 e. The Morgan fingerprint density at radius 2 is 1.88 bits per heavy atom. The summed E-state index contributed by atoms with van der Waals surface area (Å²) in [7, 11) is 0. The number of nitrogens with zero attached hydrogens (tertiary/aromatic N) is 1. The van der Waals surface area contributed by atoms with Gasteiger partial charge in [0.25, 0.3) is 0 Å². The first-order valence-corrected chi connectivity index (χ1v) is 6.96. The van der Waals surface area contributed by atoms with E-state index in [9.17, 15) is 4.79 Å². The van der Waals surface area contributed by atoms with Crippen LogP contribution in [0.4, 0.5) is 0 Å². The Bertz CT molecular complexity index is 334. The van der Waals surface area contributed by atoms with Gasteiger partial charge in [-0.2, -0.15) is 0 Å². The maximum Gasteiger partial charge on any atom is 0.230 e. The fourth-order valence-electron chi connectivity index (χ4n) is 3.26. The Kier molecular flexibility index (Phi) is 3.14. The van der Waals surface area contributed by atoms with E-state index in [-0.39, 0.29) is 23.9 Å². The molecule has 1 saturated heterocycles. The van der Waals surface area contributed by atoms with Gasteiger partial charge in [-0.15, -0.1) is 0 Å². The van der Waals surface area contributed by atoms with Gasteiger partial charge in [-0.1, -0.05) is 19.3 Å². The second-order valence-corrected chi connectivity index (χ2v) is 5.46. The normalized spacial score (nSPS) is 38.0. The molecule has 0 radical (unpaired) electrons. The third-order valence-corrected chi connectivity index (χ3v) is 4.26. The molecular formula is C13H21N3O. The van der Waals surface area contributed by atoms with Gasteiger partial charge in [0.2, 0.25) is 5.91 Å². The zero-order valence-electron chi connectivity index (χ0n) is 10.2. The molecule has 0 bridgehead atoms. The molecule has 1 saturated carbocycles. The molecule has 4 nitrogen and oxygen atoms in total. The smallest absolute Gasteiger partial charge is 0.230 e. The summed E-state index contributed by atoms with van der Waals surface area (Å²) in [5.41, 5.74) is 0. The van der Waals surface area contributed by atoms with E-state index >= 15 is 0 Å². The molecule has 0 aromatic heterocycles. The summed E-state index contributed by atoms with van der Waals surface area (Å²) in [5.74, 6) is 1.28. The molecule has 0 aromatic carbocycles. The van der Waals surface area contributed by atoms with Crippen LogP contribution < -0.4 is 10.6 Å². The Labute approximate surface area is 102 Å². The number of hydrogen-bond donors (Lipinski definition) is 2. The molecule has 0 spiro atoms. The van der Waals surface area contributed by atoms with Crippen LogP contribution in [0.3, 0.4) is 0 Å². The summed E-state index contributed by atoms with van der Waals surface area (Å²) in [6.45, 7) is 1.05. The number of aliphatic imine (C=N–C) groups is 1. The summed E-state index contributed by atoms with van der Waals surface area (Å²) < 4.78 is 0. The number of amidine groups is 1. The van der Waals surface area contributed by atoms with Crippen molar-refractivity contribution in [2.45, 2.75) is 57.0 Å². The van der Waals surface area contributed by atoms with Gasteiger partial charge in [0.1, 0.15) is 5.84 Å². The van der Waals surface area contributed by atoms with Crippen LogP contribution in [0.2, 0.25) is 0 Å². The van der Waals surface area contributed by atoms with Gasteiger partial charge in [0.05, 0.1) is 18.0 Å². The molecule has 3 atom stereocenters. The number of carbonyl (C=O) groups is 1. The third kappa shape index (κ3) is 2.23. The van der Waals surface area contributed by atoms with Crippen molar-refractivity contribution in [3.8, 4) is 0 Å². The first-order chi connectivity index (χ1) is 8.34. The molecule has 1 amide bonds. The quantitative estimate of drug-likeness (QED) is 0.718. The van der Waals surface area contributed by atoms with E-state index in [0.717, 1.165) is 31.6 Å². The molecule has 94 valence electrons. The molecule has 3 rings (SSSR count). The lowest BCUT2D eigenvalue weighted by molar-refractivity contribution is -0.125. The van der Waals surface area contributed by atoms with Crippen molar-refractivity contribution in [2.24, 2.45) is 10.9 Å². The Morgan fingerprint density at radius 1 is 1.06 bits per heavy atom. The molecule has 17 heavy (non-hydrogen) atoms. The second-order valence-electron chi connectivity index (χ2n) is 5.46. The molecular weight excluding hydrogens is 214 g/mol. The standard InChI is InChI=1S/C13H21N3O/c17-13-9-5-1-2-6-10(9)15-12(16-13)11-7-3-4-8-14-11/h9-11,14H,1-8H2,(H,15,16,17). The summed E-state index contributed by atoms with van der Waals surface area (Å²) in [4.78, 5) is 16.9. The molecule has 3 aliphatic rings. The van der Waals surface area contributed by atoms with Gasteiger partial charge in [0.15, 0.2) is 0 Å². The van der Waals surface area contributed by atoms with Crippen LogP contribution in [-0.2, 0) is 4.79 Å². The topological polar surface area (TPSA) is 53.5 Å². The molecule has 2 heterocycles. The van der Waals surface area contributed by atoms with Crippen molar-refractivity contribution < 1.29 is 4.79 Å². The van der Waals surface area contributed by atoms with Crippen molar-refractivity contribution in [1.82, 2.24) is 10.6 Å². The van der Waals surface area contributed by atoms with Crippen LogP contribution >= 0.6 is 0 Å². The number of piperidine rings is 1. The van der Waals surface area contributed by atoms with Crippen molar-refractivity contribution in [2.75, 3.05) is 6.54 Å². The predicted molar refractivity (Wildman–Crippen MR) is 67.0 cm³/mol. The number of fused-ring (bicyclic) bond motifs is 1. The van der Waals surface area contributed by atoms with E-state index in [1.807, 2.05) is 0 Å². The van der Waals surface area contributed by atoms with Crippen LogP contribution in [-0.4, -0.2) is 30.4 Å². The van der Waals surface area contributed by atoms with Gasteiger partial charge in [-0.25, -0.2) is 0 Å². The molecule has 4 heteroatoms. The number of carbonyl (C=O) groups excluding carboxylic acids is 1. The van der Waals surface area contributed by atoms with E-state index in [4.69, 9.17) is 4.99 Å². The van der Waals surface area contributed by atoms with Crippen molar-refractivity contribution in [3.05, 3.63) is 0 Å². The predicted octanol–water partition coefficient (Wildman–Crippen LogP) is 1.22. The third-order valence-electron chi connectivity index (χ3n) is 4.26. The lowest BCUT2D eigenvalue weighted by Crippen LogP contribution is -2.55. The van der Waals surface area contributed by atoms with Crippen LogP contribution in [0, 0.1) is 5.92 Å². The SMILES string of the molecule is O=C1NC(C2CCCCN2)=NC2CCCCC12. The zero-order valence-corrected chi connectivity index (χ0v) is 10.2. The van der Waals surface area contributed by atoms with E-state index < -0.39 is 0 Å². The molecule has 2 fully saturated rings. The number of amides is 1. The van der Waals surface area contributed by atoms with Crippen molar-refractivity contribution in [3.63, 3.8) is 0 Å². The van der Waals surface area contributed by atoms with Gasteiger partial charge in [-0.3, -0.25) is 9.79 Å². The molecule has 2 N–H and O–H groups in total. The highest BCUT2D eigenvalue weighted by molar-refractivity contribution is 6.04. The van der Waals surface area contributed by atoms with Gasteiger partial charge in [0, 0.05) is 0 Å². The summed E-state index contributed by atoms with van der Waals surface area (Å²) in [5, 5.41) is 6.49. The molecule has 3 unspecified atom stereocenters. The Balaban J connectivity index is 1.76. The number of hydrogen-bond acceptors (Lipinski definition) is 3. The fourth-order valence-corrected chi connectivity index (χ4v) is 3.26. The van der Waals surface area contributed by atoms with Crippen molar-refractivity contribution >= 4 is 11.7 Å². The summed E-state index contributed by atoms with van der Waals surface area (Å²) >= 11 is 0. The minimum absolute atomic E-state index is 0.149. The van der Waals surface area contributed by atoms with Crippen LogP contribution in [0.1, 0.15) is 44.9 Å². The maximum atomic E-state index is 12.1. The lowest BCUT2D eigenvalue weighted by Gasteiger charge is -2.35. The first-order valence-electron chi connectivity index (χ1n) is 6.96. The average molecular weight is 235 g/mol. The number of nitrogens with one attached hydrogen (secondary N) is 2. The molecule has 0 aromatic rings.